The lowest BCUT2D eigenvalue weighted by atomic mass is 10.1. The van der Waals surface area contributed by atoms with Crippen LogP contribution in [-0.2, 0) is 0 Å². The fraction of sp³-hybridized carbons (Fsp3) is 0.0952. The number of benzene rings is 2. The summed E-state index contributed by atoms with van der Waals surface area (Å²) in [5.74, 6) is 0. The zero-order chi connectivity index (χ0) is 18.2. The van der Waals surface area contributed by atoms with E-state index in [1.165, 1.54) is 0 Å². The molecule has 27 heavy (non-hydrogen) atoms. The number of aromatic amines is 1. The Morgan fingerprint density at radius 2 is 1.70 bits per heavy atom. The van der Waals surface area contributed by atoms with Gasteiger partial charge in [-0.3, -0.25) is 14.8 Å². The highest BCUT2D eigenvalue weighted by atomic mass is 16.3. The van der Waals surface area contributed by atoms with E-state index < -0.39 is 0 Å². The molecule has 0 saturated heterocycles. The van der Waals surface area contributed by atoms with E-state index in [1.807, 2.05) is 59.3 Å². The summed E-state index contributed by atoms with van der Waals surface area (Å²) < 4.78 is 2.01. The number of nitrogens with one attached hydrogen (secondary N) is 1. The lowest BCUT2D eigenvalue weighted by molar-refractivity contribution is 0.244. The second-order valence-corrected chi connectivity index (χ2v) is 6.43. The Balaban J connectivity index is 1.81. The van der Waals surface area contributed by atoms with Crippen molar-refractivity contribution in [2.75, 3.05) is 6.61 Å². The van der Waals surface area contributed by atoms with Crippen molar-refractivity contribution < 1.29 is 5.11 Å². The summed E-state index contributed by atoms with van der Waals surface area (Å²) in [5.41, 5.74) is 5.68. The van der Waals surface area contributed by atoms with Crippen molar-refractivity contribution >= 4 is 21.9 Å². The topological polar surface area (TPSA) is 79.6 Å². The van der Waals surface area contributed by atoms with Gasteiger partial charge in [0.1, 0.15) is 6.33 Å². The van der Waals surface area contributed by atoms with Gasteiger partial charge in [-0.15, -0.1) is 0 Å². The third-order valence-corrected chi connectivity index (χ3v) is 4.89. The van der Waals surface area contributed by atoms with Crippen molar-refractivity contribution in [3.8, 4) is 11.3 Å². The van der Waals surface area contributed by atoms with Gasteiger partial charge in [-0.1, -0.05) is 30.3 Å². The number of fused-ring (bicyclic) bond motifs is 2. The van der Waals surface area contributed by atoms with Crippen LogP contribution in [0.4, 0.5) is 0 Å². The molecule has 0 radical (unpaired) electrons. The van der Waals surface area contributed by atoms with E-state index in [-0.39, 0.29) is 12.6 Å². The summed E-state index contributed by atoms with van der Waals surface area (Å²) in [6.07, 6.45) is 5.12. The van der Waals surface area contributed by atoms with Crippen molar-refractivity contribution in [2.45, 2.75) is 6.04 Å². The fourth-order valence-corrected chi connectivity index (χ4v) is 3.56. The van der Waals surface area contributed by atoms with Crippen LogP contribution in [-0.4, -0.2) is 36.4 Å². The number of imidazole rings is 1. The van der Waals surface area contributed by atoms with Gasteiger partial charge in [0.25, 0.3) is 0 Å². The first-order valence-corrected chi connectivity index (χ1v) is 8.76. The van der Waals surface area contributed by atoms with Crippen LogP contribution in [0.1, 0.15) is 11.6 Å². The highest BCUT2D eigenvalue weighted by molar-refractivity contribution is 6.00. The van der Waals surface area contributed by atoms with Gasteiger partial charge in [0.2, 0.25) is 0 Å². The third-order valence-electron chi connectivity index (χ3n) is 4.89. The Morgan fingerprint density at radius 3 is 2.44 bits per heavy atom. The van der Waals surface area contributed by atoms with E-state index in [1.54, 1.807) is 18.7 Å². The highest BCUT2D eigenvalue weighted by Crippen LogP contribution is 2.33. The van der Waals surface area contributed by atoms with Crippen LogP contribution in [0, 0.1) is 0 Å². The normalized spacial score (nSPS) is 12.6. The molecule has 0 amide bonds. The molecule has 2 aromatic carbocycles. The highest BCUT2D eigenvalue weighted by Gasteiger charge is 2.20. The van der Waals surface area contributed by atoms with Crippen LogP contribution in [0.2, 0.25) is 0 Å². The summed E-state index contributed by atoms with van der Waals surface area (Å²) in [6, 6.07) is 17.7. The minimum atomic E-state index is -0.232. The molecule has 3 heterocycles. The predicted molar refractivity (Wildman–Crippen MR) is 104 cm³/mol. The molecule has 3 aromatic heterocycles. The first-order valence-electron chi connectivity index (χ1n) is 8.76. The maximum Gasteiger partial charge on any atom is 0.116 e. The molecular weight excluding hydrogens is 338 g/mol. The number of hydrogen-bond donors (Lipinski definition) is 2. The molecule has 6 heteroatoms. The summed E-state index contributed by atoms with van der Waals surface area (Å²) >= 11 is 0. The molecule has 0 saturated carbocycles. The molecule has 0 unspecified atom stereocenters. The van der Waals surface area contributed by atoms with Gasteiger partial charge in [0, 0.05) is 23.3 Å². The molecule has 0 aliphatic rings. The zero-order valence-electron chi connectivity index (χ0n) is 14.4. The number of hydrogen-bond acceptors (Lipinski definition) is 4. The van der Waals surface area contributed by atoms with Crippen LogP contribution < -0.4 is 0 Å². The first-order chi connectivity index (χ1) is 13.3. The van der Waals surface area contributed by atoms with E-state index in [2.05, 4.69) is 20.1 Å². The number of nitrogens with zero attached hydrogens (tertiary/aromatic N) is 4. The van der Waals surface area contributed by atoms with Crippen LogP contribution in [0.15, 0.2) is 73.3 Å². The van der Waals surface area contributed by atoms with Crippen molar-refractivity contribution in [3.05, 3.63) is 78.9 Å². The monoisotopic (exact) mass is 355 g/mol. The lowest BCUT2D eigenvalue weighted by Crippen LogP contribution is -2.16. The summed E-state index contributed by atoms with van der Waals surface area (Å²) in [7, 11) is 0. The number of aromatic nitrogens is 5. The number of H-pyrrole nitrogens is 1. The summed E-state index contributed by atoms with van der Waals surface area (Å²) in [5, 5.41) is 14.7. The van der Waals surface area contributed by atoms with Crippen molar-refractivity contribution in [1.82, 2.24) is 24.7 Å². The fourth-order valence-electron chi connectivity index (χ4n) is 3.56. The smallest absolute Gasteiger partial charge is 0.116 e. The van der Waals surface area contributed by atoms with Gasteiger partial charge in [-0.05, 0) is 29.8 Å². The van der Waals surface area contributed by atoms with E-state index >= 15 is 0 Å². The molecule has 2 N–H and O–H groups in total. The molecule has 6 nitrogen and oxygen atoms in total. The number of aliphatic hydroxyl groups excluding tert-OH is 1. The molecule has 132 valence electrons. The van der Waals surface area contributed by atoms with Gasteiger partial charge in [0.05, 0.1) is 34.9 Å². The average molecular weight is 355 g/mol. The predicted octanol–water partition coefficient (Wildman–Crippen LogP) is 3.56. The summed E-state index contributed by atoms with van der Waals surface area (Å²) in [4.78, 5) is 12.8. The second kappa shape index (κ2) is 6.34. The van der Waals surface area contributed by atoms with E-state index in [0.29, 0.717) is 0 Å². The minimum absolute atomic E-state index is 0.0230. The minimum Gasteiger partial charge on any atom is -0.394 e. The Kier molecular flexibility index (Phi) is 3.69. The number of aliphatic hydroxyl groups is 1. The first kappa shape index (κ1) is 15.7. The number of pyridine rings is 1. The molecule has 0 fully saturated rings. The molecule has 1 atom stereocenters. The molecule has 0 aliphatic heterocycles. The lowest BCUT2D eigenvalue weighted by Gasteiger charge is -2.17. The maximum absolute atomic E-state index is 10.2. The van der Waals surface area contributed by atoms with Crippen LogP contribution >= 0.6 is 0 Å². The summed E-state index contributed by atoms with van der Waals surface area (Å²) in [6.45, 7) is -0.0230. The van der Waals surface area contributed by atoms with Gasteiger partial charge >= 0.3 is 0 Å². The van der Waals surface area contributed by atoms with E-state index in [4.69, 9.17) is 0 Å². The molecule has 5 aromatic rings. The van der Waals surface area contributed by atoms with Crippen LogP contribution in [0.25, 0.3) is 33.2 Å². The van der Waals surface area contributed by atoms with Crippen LogP contribution in [0.3, 0.4) is 0 Å². The SMILES string of the molecule is OC[C@H](c1ccccc1)n1[nH]c(-c2ccncc2)c2cc3ncnc3cc21. The Morgan fingerprint density at radius 1 is 0.963 bits per heavy atom. The van der Waals surface area contributed by atoms with Gasteiger partial charge < -0.3 is 5.11 Å². The molecule has 0 spiro atoms. The maximum atomic E-state index is 10.2. The van der Waals surface area contributed by atoms with Gasteiger partial charge in [-0.2, -0.15) is 0 Å². The Bertz CT molecular complexity index is 1210. The van der Waals surface area contributed by atoms with Gasteiger partial charge in [0.15, 0.2) is 0 Å². The standard InChI is InChI=1S/C21H17N5O/c27-12-20(14-4-2-1-3-5-14)26-19-11-18-17(23-13-24-18)10-16(19)21(25-26)15-6-8-22-9-7-15/h1-11,13,20,25,27H,12H2/t20-/m1/s1. The van der Waals surface area contributed by atoms with Crippen molar-refractivity contribution in [3.63, 3.8) is 0 Å². The van der Waals surface area contributed by atoms with E-state index in [9.17, 15) is 5.11 Å². The zero-order valence-corrected chi connectivity index (χ0v) is 14.4. The molecule has 0 bridgehead atoms. The molecule has 5 rings (SSSR count). The van der Waals surface area contributed by atoms with Gasteiger partial charge in [-0.25, -0.2) is 9.97 Å². The third kappa shape index (κ3) is 2.58. The molecular formula is C21H17N5O. The van der Waals surface area contributed by atoms with E-state index in [0.717, 1.165) is 38.8 Å². The van der Waals surface area contributed by atoms with Crippen molar-refractivity contribution in [2.24, 2.45) is 0 Å². The van der Waals surface area contributed by atoms with Crippen LogP contribution in [0.5, 0.6) is 0 Å². The Hall–Kier alpha value is -3.51. The molecule has 0 aliphatic carbocycles. The van der Waals surface area contributed by atoms with Crippen molar-refractivity contribution in [1.29, 1.82) is 0 Å². The largest absolute Gasteiger partial charge is 0.394 e. The quantitative estimate of drug-likeness (QED) is 0.517. The average Bonchev–Trinajstić information content (AvgIpc) is 3.33. The Labute approximate surface area is 155 Å². The number of rotatable bonds is 4. The second-order valence-electron chi connectivity index (χ2n) is 6.43.